The molecule has 0 spiro atoms. The van der Waals surface area contributed by atoms with Crippen LogP contribution in [0.5, 0.6) is 0 Å². The van der Waals surface area contributed by atoms with Gasteiger partial charge in [0.05, 0.1) is 34.9 Å². The van der Waals surface area contributed by atoms with Crippen molar-refractivity contribution >= 4 is 12.3 Å². The summed E-state index contributed by atoms with van der Waals surface area (Å²) in [5, 5.41) is 34.8. The number of carbonyl (C=O) groups excluding carboxylic acids is 2. The molecular formula is C30H44O9. The third-order valence-corrected chi connectivity index (χ3v) is 12.1. The molecule has 9 heteroatoms. The number of esters is 1. The summed E-state index contributed by atoms with van der Waals surface area (Å²) >= 11 is 0. The van der Waals surface area contributed by atoms with Crippen LogP contribution in [0.3, 0.4) is 0 Å². The molecule has 0 aromatic carbocycles. The van der Waals surface area contributed by atoms with Gasteiger partial charge < -0.3 is 39.1 Å². The molecule has 0 amide bonds. The number of aldehydes is 1. The highest BCUT2D eigenvalue weighted by Gasteiger charge is 2.71. The predicted molar refractivity (Wildman–Crippen MR) is 138 cm³/mol. The third kappa shape index (κ3) is 3.94. The number of aliphatic hydroxyl groups excluding tert-OH is 1. The SMILES string of the molecule is COC1CC(OC2CC[C@@]3(C=O)C4CC[C@]5(C)C(C6=CC(=O)OC6)CC[C@@]5(O)C4CC[C@]3(O)C2)OC(C)C1O. The van der Waals surface area contributed by atoms with Crippen molar-refractivity contribution in [2.24, 2.45) is 28.6 Å². The van der Waals surface area contributed by atoms with Gasteiger partial charge in [0.2, 0.25) is 0 Å². The second kappa shape index (κ2) is 9.60. The van der Waals surface area contributed by atoms with Gasteiger partial charge in [-0.2, -0.15) is 0 Å². The first kappa shape index (κ1) is 27.8. The molecule has 3 N–H and O–H groups in total. The van der Waals surface area contributed by atoms with Gasteiger partial charge in [0.1, 0.15) is 19.0 Å². The van der Waals surface area contributed by atoms with Gasteiger partial charge in [-0.25, -0.2) is 4.79 Å². The van der Waals surface area contributed by atoms with Gasteiger partial charge in [-0.1, -0.05) is 6.92 Å². The number of hydrogen-bond donors (Lipinski definition) is 3. The van der Waals surface area contributed by atoms with E-state index in [2.05, 4.69) is 6.92 Å². The van der Waals surface area contributed by atoms with E-state index in [4.69, 9.17) is 18.9 Å². The topological polar surface area (TPSA) is 132 Å². The average Bonchev–Trinajstić information content (AvgIpc) is 3.45. The fourth-order valence-electron chi connectivity index (χ4n) is 9.98. The van der Waals surface area contributed by atoms with Gasteiger partial charge in [0.25, 0.3) is 0 Å². The van der Waals surface area contributed by atoms with Crippen molar-refractivity contribution in [2.75, 3.05) is 13.7 Å². The van der Waals surface area contributed by atoms with Gasteiger partial charge >= 0.3 is 5.97 Å². The standard InChI is InChI=1S/C30H44O9/c1-17-26(33)23(36-3)13-25(38-17)39-19-4-9-28(16-31)21-5-8-27(2)20(18-12-24(32)37-15-18)7-11-30(27,35)22(21)6-10-29(28,34)14-19/h12,16-17,19-23,25-26,33-35H,4-11,13-15H2,1-3H3/t17?,19?,20?,21?,22?,23?,25?,26?,27-,28-,29+,30-/m1/s1. The smallest absolute Gasteiger partial charge is 0.331 e. The second-order valence-electron chi connectivity index (χ2n) is 13.5. The molecule has 4 aliphatic carbocycles. The van der Waals surface area contributed by atoms with Crippen molar-refractivity contribution in [3.05, 3.63) is 11.6 Å². The third-order valence-electron chi connectivity index (χ3n) is 12.1. The van der Waals surface area contributed by atoms with Crippen LogP contribution in [0.2, 0.25) is 0 Å². The first-order valence-electron chi connectivity index (χ1n) is 14.8. The first-order valence-corrected chi connectivity index (χ1v) is 14.8. The summed E-state index contributed by atoms with van der Waals surface area (Å²) in [6.07, 6.45) is 6.10. The summed E-state index contributed by atoms with van der Waals surface area (Å²) in [5.74, 6) is -0.420. The molecule has 8 unspecified atom stereocenters. The minimum absolute atomic E-state index is 0.0827. The monoisotopic (exact) mass is 548 g/mol. The molecule has 2 aliphatic heterocycles. The van der Waals surface area contributed by atoms with Crippen molar-refractivity contribution in [1.29, 1.82) is 0 Å². The van der Waals surface area contributed by atoms with Crippen LogP contribution in [0.25, 0.3) is 0 Å². The highest BCUT2D eigenvalue weighted by Crippen LogP contribution is 2.70. The Morgan fingerprint density at radius 1 is 1.08 bits per heavy atom. The van der Waals surface area contributed by atoms with E-state index in [9.17, 15) is 24.9 Å². The lowest BCUT2D eigenvalue weighted by molar-refractivity contribution is -0.287. The lowest BCUT2D eigenvalue weighted by Gasteiger charge is -2.65. The average molecular weight is 549 g/mol. The Bertz CT molecular complexity index is 1030. The molecule has 0 bridgehead atoms. The van der Waals surface area contributed by atoms with Crippen molar-refractivity contribution < 1.29 is 43.9 Å². The van der Waals surface area contributed by atoms with Crippen molar-refractivity contribution in [3.63, 3.8) is 0 Å². The van der Waals surface area contributed by atoms with E-state index >= 15 is 0 Å². The number of fused-ring (bicyclic) bond motifs is 5. The molecule has 2 heterocycles. The molecule has 5 fully saturated rings. The molecule has 39 heavy (non-hydrogen) atoms. The van der Waals surface area contributed by atoms with Crippen LogP contribution in [0.4, 0.5) is 0 Å². The number of rotatable bonds is 5. The maximum absolute atomic E-state index is 13.0. The minimum Gasteiger partial charge on any atom is -0.458 e. The zero-order valence-electron chi connectivity index (χ0n) is 23.3. The fourth-order valence-corrected chi connectivity index (χ4v) is 9.98. The number of hydrogen-bond acceptors (Lipinski definition) is 9. The van der Waals surface area contributed by atoms with E-state index in [1.807, 2.05) is 0 Å². The maximum atomic E-state index is 13.0. The second-order valence-corrected chi connectivity index (χ2v) is 13.5. The first-order chi connectivity index (χ1) is 18.5. The van der Waals surface area contributed by atoms with E-state index < -0.39 is 40.5 Å². The van der Waals surface area contributed by atoms with Crippen LogP contribution in [0.15, 0.2) is 11.6 Å². The summed E-state index contributed by atoms with van der Waals surface area (Å²) in [6, 6.07) is 0. The zero-order valence-corrected chi connectivity index (χ0v) is 23.3. The lowest BCUT2D eigenvalue weighted by atomic mass is 9.41. The van der Waals surface area contributed by atoms with E-state index in [0.29, 0.717) is 51.6 Å². The Labute approximate surface area is 230 Å². The predicted octanol–water partition coefficient (Wildman–Crippen LogP) is 2.43. The summed E-state index contributed by atoms with van der Waals surface area (Å²) in [6.45, 7) is 4.25. The number of methoxy groups -OCH3 is 1. The molecule has 0 aromatic heterocycles. The van der Waals surface area contributed by atoms with Crippen LogP contribution in [-0.4, -0.2) is 83.2 Å². The van der Waals surface area contributed by atoms with Crippen LogP contribution in [-0.2, 0) is 28.5 Å². The Morgan fingerprint density at radius 3 is 2.54 bits per heavy atom. The summed E-state index contributed by atoms with van der Waals surface area (Å²) in [7, 11) is 1.57. The molecule has 0 radical (unpaired) electrons. The van der Waals surface area contributed by atoms with Crippen molar-refractivity contribution in [2.45, 2.75) is 120 Å². The summed E-state index contributed by atoms with van der Waals surface area (Å²) in [5.41, 5.74) is -2.52. The number of carbonyl (C=O) groups is 2. The highest BCUT2D eigenvalue weighted by molar-refractivity contribution is 5.85. The van der Waals surface area contributed by atoms with Crippen molar-refractivity contribution in [1.82, 2.24) is 0 Å². The molecule has 12 atom stereocenters. The molecule has 218 valence electrons. The van der Waals surface area contributed by atoms with Crippen LogP contribution in [0.1, 0.15) is 78.1 Å². The van der Waals surface area contributed by atoms with Gasteiger partial charge in [0.15, 0.2) is 6.29 Å². The quantitative estimate of drug-likeness (QED) is 0.269. The fraction of sp³-hybridized carbons (Fsp3) is 0.867. The molecule has 6 rings (SSSR count). The Kier molecular flexibility index (Phi) is 6.84. The number of cyclic esters (lactones) is 1. The van der Waals surface area contributed by atoms with Gasteiger partial charge in [-0.15, -0.1) is 0 Å². The van der Waals surface area contributed by atoms with Crippen LogP contribution < -0.4 is 0 Å². The largest absolute Gasteiger partial charge is 0.458 e. The maximum Gasteiger partial charge on any atom is 0.331 e. The Balaban J connectivity index is 1.21. The number of ether oxygens (including phenoxy) is 4. The molecule has 6 aliphatic rings. The van der Waals surface area contributed by atoms with Crippen LogP contribution >= 0.6 is 0 Å². The van der Waals surface area contributed by atoms with Gasteiger partial charge in [-0.05, 0) is 81.6 Å². The molecule has 4 saturated carbocycles. The van der Waals surface area contributed by atoms with Crippen LogP contribution in [0, 0.1) is 28.6 Å². The molecule has 9 nitrogen and oxygen atoms in total. The van der Waals surface area contributed by atoms with E-state index in [1.165, 1.54) is 0 Å². The Hall–Kier alpha value is -1.36. The lowest BCUT2D eigenvalue weighted by Crippen LogP contribution is -2.69. The zero-order chi connectivity index (χ0) is 27.8. The normalized spacial score (nSPS) is 53.3. The van der Waals surface area contributed by atoms with Gasteiger partial charge in [0, 0.05) is 31.4 Å². The van der Waals surface area contributed by atoms with Crippen molar-refractivity contribution in [3.8, 4) is 0 Å². The summed E-state index contributed by atoms with van der Waals surface area (Å²) < 4.78 is 22.9. The molecular weight excluding hydrogens is 504 g/mol. The van der Waals surface area contributed by atoms with E-state index in [0.717, 1.165) is 31.1 Å². The molecule has 0 aromatic rings. The minimum atomic E-state index is -1.21. The van der Waals surface area contributed by atoms with E-state index in [-0.39, 0.29) is 35.9 Å². The molecule has 1 saturated heterocycles. The van der Waals surface area contributed by atoms with Gasteiger partial charge in [-0.3, -0.25) is 0 Å². The van der Waals surface area contributed by atoms with E-state index in [1.54, 1.807) is 20.1 Å². The number of aliphatic hydroxyl groups is 3. The highest BCUT2D eigenvalue weighted by atomic mass is 16.7. The Morgan fingerprint density at radius 2 is 1.85 bits per heavy atom. The summed E-state index contributed by atoms with van der Waals surface area (Å²) in [4.78, 5) is 24.8.